The quantitative estimate of drug-likeness (QED) is 0.771. The number of benzene rings is 1. The summed E-state index contributed by atoms with van der Waals surface area (Å²) < 4.78 is 5.37. The van der Waals surface area contributed by atoms with E-state index < -0.39 is 0 Å². The molecule has 3 heteroatoms. The summed E-state index contributed by atoms with van der Waals surface area (Å²) in [5.41, 5.74) is 2.81. The van der Waals surface area contributed by atoms with Crippen molar-refractivity contribution in [2.24, 2.45) is 0 Å². The van der Waals surface area contributed by atoms with Gasteiger partial charge >= 0.3 is 0 Å². The summed E-state index contributed by atoms with van der Waals surface area (Å²) in [4.78, 5) is 11.8. The van der Waals surface area contributed by atoms with Gasteiger partial charge in [-0.1, -0.05) is 6.07 Å². The molecule has 0 aliphatic carbocycles. The van der Waals surface area contributed by atoms with E-state index in [0.29, 0.717) is 16.5 Å². The van der Waals surface area contributed by atoms with Crippen molar-refractivity contribution in [3.05, 3.63) is 45.3 Å². The Hall–Kier alpha value is -1.61. The van der Waals surface area contributed by atoms with E-state index in [0.717, 1.165) is 11.1 Å². The second-order valence-electron chi connectivity index (χ2n) is 3.63. The number of hydrogen-bond donors (Lipinski definition) is 1. The molecular formula is C12H12O3. The van der Waals surface area contributed by atoms with Crippen molar-refractivity contribution in [1.82, 2.24) is 0 Å². The molecule has 1 aromatic carbocycles. The first-order chi connectivity index (χ1) is 7.15. The van der Waals surface area contributed by atoms with Crippen molar-refractivity contribution in [2.45, 2.75) is 20.5 Å². The number of aliphatic hydroxyl groups excluding tert-OH is 1. The van der Waals surface area contributed by atoms with Gasteiger partial charge in [0.1, 0.15) is 11.8 Å². The lowest BCUT2D eigenvalue weighted by molar-refractivity contribution is 0.277. The molecule has 3 nitrogen and oxygen atoms in total. The normalized spacial score (nSPS) is 10.9. The Morgan fingerprint density at radius 1 is 1.33 bits per heavy atom. The predicted octanol–water partition coefficient (Wildman–Crippen LogP) is 1.90. The molecule has 1 heterocycles. The number of rotatable bonds is 1. The van der Waals surface area contributed by atoms with Crippen molar-refractivity contribution < 1.29 is 9.52 Å². The predicted molar refractivity (Wildman–Crippen MR) is 57.9 cm³/mol. The average molecular weight is 204 g/mol. The van der Waals surface area contributed by atoms with Crippen LogP contribution in [0.25, 0.3) is 11.0 Å². The van der Waals surface area contributed by atoms with Crippen LogP contribution in [-0.4, -0.2) is 5.11 Å². The van der Waals surface area contributed by atoms with E-state index in [-0.39, 0.29) is 12.0 Å². The highest BCUT2D eigenvalue weighted by Crippen LogP contribution is 2.19. The number of hydrogen-bond acceptors (Lipinski definition) is 3. The van der Waals surface area contributed by atoms with Gasteiger partial charge in [0.15, 0.2) is 5.43 Å². The molecule has 0 aliphatic rings. The largest absolute Gasteiger partial charge is 0.463 e. The van der Waals surface area contributed by atoms with Crippen LogP contribution in [0.15, 0.2) is 27.6 Å². The van der Waals surface area contributed by atoms with E-state index in [4.69, 9.17) is 9.52 Å². The molecule has 0 atom stereocenters. The first-order valence-corrected chi connectivity index (χ1v) is 4.76. The summed E-state index contributed by atoms with van der Waals surface area (Å²) in [5.74, 6) is 0. The van der Waals surface area contributed by atoms with Gasteiger partial charge in [-0.3, -0.25) is 4.79 Å². The summed E-state index contributed by atoms with van der Waals surface area (Å²) in [6, 6.07) is 3.62. The fourth-order valence-corrected chi connectivity index (χ4v) is 1.59. The van der Waals surface area contributed by atoms with Crippen molar-refractivity contribution in [1.29, 1.82) is 0 Å². The van der Waals surface area contributed by atoms with Crippen LogP contribution in [0.3, 0.4) is 0 Å². The Balaban J connectivity index is 2.92. The van der Waals surface area contributed by atoms with Gasteiger partial charge in [-0.25, -0.2) is 0 Å². The number of fused-ring (bicyclic) bond motifs is 1. The minimum absolute atomic E-state index is 0.151. The minimum Gasteiger partial charge on any atom is -0.463 e. The standard InChI is InChI=1S/C12H12O3/c1-7-3-4-10-11(14)9(5-13)6-15-12(10)8(7)2/h3-4,6,13H,5H2,1-2H3. The highest BCUT2D eigenvalue weighted by atomic mass is 16.3. The molecule has 0 saturated carbocycles. The number of aliphatic hydroxyl groups is 1. The third-order valence-electron chi connectivity index (χ3n) is 2.70. The van der Waals surface area contributed by atoms with E-state index in [9.17, 15) is 4.79 Å². The van der Waals surface area contributed by atoms with Crippen LogP contribution in [0.1, 0.15) is 16.7 Å². The molecule has 0 saturated heterocycles. The molecule has 0 aliphatic heterocycles. The molecule has 15 heavy (non-hydrogen) atoms. The second kappa shape index (κ2) is 3.51. The van der Waals surface area contributed by atoms with Crippen LogP contribution in [0.4, 0.5) is 0 Å². The highest BCUT2D eigenvalue weighted by molar-refractivity contribution is 5.80. The fourth-order valence-electron chi connectivity index (χ4n) is 1.59. The maximum Gasteiger partial charge on any atom is 0.198 e. The zero-order valence-electron chi connectivity index (χ0n) is 8.70. The first-order valence-electron chi connectivity index (χ1n) is 4.76. The van der Waals surface area contributed by atoms with Gasteiger partial charge < -0.3 is 9.52 Å². The lowest BCUT2D eigenvalue weighted by atomic mass is 10.1. The van der Waals surface area contributed by atoms with E-state index in [2.05, 4.69) is 0 Å². The molecule has 0 fully saturated rings. The van der Waals surface area contributed by atoms with E-state index in [1.807, 2.05) is 19.9 Å². The summed E-state index contributed by atoms with van der Waals surface area (Å²) in [5, 5.41) is 9.47. The summed E-state index contributed by atoms with van der Waals surface area (Å²) in [7, 11) is 0. The van der Waals surface area contributed by atoms with Gasteiger partial charge in [0.2, 0.25) is 0 Å². The molecule has 0 radical (unpaired) electrons. The van der Waals surface area contributed by atoms with Crippen LogP contribution in [0, 0.1) is 13.8 Å². The Morgan fingerprint density at radius 2 is 2.07 bits per heavy atom. The Morgan fingerprint density at radius 3 is 2.73 bits per heavy atom. The third-order valence-corrected chi connectivity index (χ3v) is 2.70. The van der Waals surface area contributed by atoms with E-state index in [1.165, 1.54) is 6.26 Å². The summed E-state index contributed by atoms with van der Waals surface area (Å²) in [6.07, 6.45) is 1.33. The molecule has 78 valence electrons. The monoisotopic (exact) mass is 204 g/mol. The first kappa shape index (κ1) is 9.93. The lowest BCUT2D eigenvalue weighted by Gasteiger charge is -2.04. The zero-order chi connectivity index (χ0) is 11.0. The van der Waals surface area contributed by atoms with Gasteiger partial charge in [0, 0.05) is 0 Å². The smallest absolute Gasteiger partial charge is 0.198 e. The fraction of sp³-hybridized carbons (Fsp3) is 0.250. The summed E-state index contributed by atoms with van der Waals surface area (Å²) in [6.45, 7) is 3.60. The molecule has 0 amide bonds. The van der Waals surface area contributed by atoms with Crippen LogP contribution in [0.5, 0.6) is 0 Å². The van der Waals surface area contributed by atoms with Crippen molar-refractivity contribution in [3.8, 4) is 0 Å². The van der Waals surface area contributed by atoms with Gasteiger partial charge in [0.25, 0.3) is 0 Å². The molecule has 2 aromatic rings. The Kier molecular flexibility index (Phi) is 2.32. The maximum atomic E-state index is 11.8. The highest BCUT2D eigenvalue weighted by Gasteiger charge is 2.08. The van der Waals surface area contributed by atoms with Crippen LogP contribution in [-0.2, 0) is 6.61 Å². The molecule has 1 N–H and O–H groups in total. The SMILES string of the molecule is Cc1ccc2c(=O)c(CO)coc2c1C. The number of aryl methyl sites for hydroxylation is 2. The molecule has 0 unspecified atom stereocenters. The summed E-state index contributed by atoms with van der Waals surface area (Å²) >= 11 is 0. The van der Waals surface area contributed by atoms with Crippen LogP contribution >= 0.6 is 0 Å². The van der Waals surface area contributed by atoms with E-state index >= 15 is 0 Å². The van der Waals surface area contributed by atoms with Crippen LogP contribution in [0.2, 0.25) is 0 Å². The van der Waals surface area contributed by atoms with Crippen molar-refractivity contribution in [2.75, 3.05) is 0 Å². The Bertz CT molecular complexity index is 567. The van der Waals surface area contributed by atoms with E-state index in [1.54, 1.807) is 6.07 Å². The molecule has 2 rings (SSSR count). The lowest BCUT2D eigenvalue weighted by Crippen LogP contribution is -2.08. The van der Waals surface area contributed by atoms with Gasteiger partial charge in [-0.05, 0) is 31.0 Å². The van der Waals surface area contributed by atoms with Crippen molar-refractivity contribution in [3.63, 3.8) is 0 Å². The molecule has 0 spiro atoms. The van der Waals surface area contributed by atoms with Crippen molar-refractivity contribution >= 4 is 11.0 Å². The minimum atomic E-state index is -0.287. The average Bonchev–Trinajstić information content (AvgIpc) is 2.24. The maximum absolute atomic E-state index is 11.8. The second-order valence-corrected chi connectivity index (χ2v) is 3.63. The Labute approximate surface area is 87.0 Å². The van der Waals surface area contributed by atoms with Crippen LogP contribution < -0.4 is 5.43 Å². The van der Waals surface area contributed by atoms with Gasteiger partial charge in [-0.15, -0.1) is 0 Å². The third kappa shape index (κ3) is 1.45. The van der Waals surface area contributed by atoms with Gasteiger partial charge in [0.05, 0.1) is 17.6 Å². The zero-order valence-corrected chi connectivity index (χ0v) is 8.70. The molecular weight excluding hydrogens is 192 g/mol. The van der Waals surface area contributed by atoms with Gasteiger partial charge in [-0.2, -0.15) is 0 Å². The topological polar surface area (TPSA) is 50.4 Å². The molecule has 0 bridgehead atoms. The molecule has 1 aromatic heterocycles.